The van der Waals surface area contributed by atoms with E-state index in [1.54, 1.807) is 25.1 Å². The van der Waals surface area contributed by atoms with Crippen LogP contribution >= 0.6 is 0 Å². The molecule has 0 bridgehead atoms. The first-order valence-corrected chi connectivity index (χ1v) is 10.1. The number of benzene rings is 1. The van der Waals surface area contributed by atoms with Crippen molar-refractivity contribution >= 4 is 23.3 Å². The lowest BCUT2D eigenvalue weighted by Crippen LogP contribution is -2.61. The standard InChI is InChI=1S/C22H23NO9/c1-4-13-10-11-14(24)22(31-13)17(29-2)16(26)20(32-22)18(27)21(30-3,23-19(20)28)15(25)12-8-6-5-7-9-12/h5-11,13,17-18,27H,4H2,1-3H3,(H,23,28). The second-order valence-corrected chi connectivity index (χ2v) is 7.76. The van der Waals surface area contributed by atoms with Crippen LogP contribution < -0.4 is 5.32 Å². The number of ether oxygens (including phenoxy) is 4. The van der Waals surface area contributed by atoms with Crippen molar-refractivity contribution in [1.29, 1.82) is 0 Å². The van der Waals surface area contributed by atoms with Gasteiger partial charge in [0.1, 0.15) is 0 Å². The second-order valence-electron chi connectivity index (χ2n) is 7.76. The van der Waals surface area contributed by atoms with Gasteiger partial charge in [-0.15, -0.1) is 0 Å². The van der Waals surface area contributed by atoms with Crippen molar-refractivity contribution in [3.05, 3.63) is 48.0 Å². The van der Waals surface area contributed by atoms with E-state index in [0.29, 0.717) is 6.42 Å². The maximum absolute atomic E-state index is 13.5. The number of hydrogen-bond acceptors (Lipinski definition) is 9. The van der Waals surface area contributed by atoms with E-state index in [0.717, 1.165) is 14.2 Å². The monoisotopic (exact) mass is 445 g/mol. The Morgan fingerprint density at radius 1 is 1.19 bits per heavy atom. The maximum Gasteiger partial charge on any atom is 0.269 e. The quantitative estimate of drug-likeness (QED) is 0.462. The van der Waals surface area contributed by atoms with E-state index >= 15 is 0 Å². The number of aliphatic hydroxyl groups excluding tert-OH is 1. The van der Waals surface area contributed by atoms with Gasteiger partial charge in [0.05, 0.1) is 6.10 Å². The lowest BCUT2D eigenvalue weighted by molar-refractivity contribution is -0.280. The summed E-state index contributed by atoms with van der Waals surface area (Å²) in [6.07, 6.45) is -1.28. The Morgan fingerprint density at radius 2 is 1.88 bits per heavy atom. The average Bonchev–Trinajstić information content (AvgIpc) is 3.19. The van der Waals surface area contributed by atoms with Gasteiger partial charge >= 0.3 is 0 Å². The van der Waals surface area contributed by atoms with Crippen LogP contribution in [0.4, 0.5) is 0 Å². The predicted molar refractivity (Wildman–Crippen MR) is 106 cm³/mol. The zero-order valence-electron chi connectivity index (χ0n) is 17.7. The van der Waals surface area contributed by atoms with Crippen LogP contribution in [0.25, 0.3) is 0 Å². The molecule has 6 unspecified atom stereocenters. The molecule has 1 aromatic rings. The summed E-state index contributed by atoms with van der Waals surface area (Å²) in [6, 6.07) is 7.80. The molecule has 0 saturated carbocycles. The molecule has 0 radical (unpaired) electrons. The summed E-state index contributed by atoms with van der Waals surface area (Å²) < 4.78 is 22.1. The van der Waals surface area contributed by atoms with Crippen LogP contribution in [-0.2, 0) is 33.3 Å². The molecule has 170 valence electrons. The van der Waals surface area contributed by atoms with Crippen molar-refractivity contribution in [1.82, 2.24) is 5.32 Å². The van der Waals surface area contributed by atoms with Crippen molar-refractivity contribution in [3.63, 3.8) is 0 Å². The van der Waals surface area contributed by atoms with Crippen LogP contribution in [0.15, 0.2) is 42.5 Å². The van der Waals surface area contributed by atoms with Crippen LogP contribution in [-0.4, -0.2) is 78.0 Å². The SMILES string of the molecule is CCC1C=CC(=O)C2(O1)OC1(C(=O)NC(OC)(C(=O)c3ccccc3)C1O)C(=O)C2OC. The molecule has 4 rings (SSSR count). The highest BCUT2D eigenvalue weighted by molar-refractivity contribution is 6.21. The highest BCUT2D eigenvalue weighted by atomic mass is 16.8. The third-order valence-corrected chi connectivity index (χ3v) is 6.13. The second kappa shape index (κ2) is 7.68. The van der Waals surface area contributed by atoms with Crippen molar-refractivity contribution in [2.45, 2.75) is 48.8 Å². The van der Waals surface area contributed by atoms with Gasteiger partial charge in [-0.1, -0.05) is 43.3 Å². The summed E-state index contributed by atoms with van der Waals surface area (Å²) in [6.45, 7) is 1.79. The molecule has 32 heavy (non-hydrogen) atoms. The van der Waals surface area contributed by atoms with Gasteiger partial charge in [-0.3, -0.25) is 19.2 Å². The smallest absolute Gasteiger partial charge is 0.269 e. The summed E-state index contributed by atoms with van der Waals surface area (Å²) >= 11 is 0. The van der Waals surface area contributed by atoms with E-state index < -0.39 is 58.7 Å². The largest absolute Gasteiger partial charge is 0.383 e. The van der Waals surface area contributed by atoms with E-state index in [-0.39, 0.29) is 5.56 Å². The fourth-order valence-electron chi connectivity index (χ4n) is 4.42. The third kappa shape index (κ3) is 2.71. The zero-order chi connectivity index (χ0) is 23.3. The molecule has 2 fully saturated rings. The summed E-state index contributed by atoms with van der Waals surface area (Å²) in [7, 11) is 2.25. The van der Waals surface area contributed by atoms with Crippen LogP contribution in [0.2, 0.25) is 0 Å². The molecular formula is C22H23NO9. The lowest BCUT2D eigenvalue weighted by atomic mass is 9.85. The fraction of sp³-hybridized carbons (Fsp3) is 0.455. The topological polar surface area (TPSA) is 137 Å². The minimum absolute atomic E-state index is 0.119. The van der Waals surface area contributed by atoms with E-state index in [2.05, 4.69) is 5.32 Å². The van der Waals surface area contributed by atoms with Gasteiger partial charge in [0.15, 0.2) is 12.2 Å². The van der Waals surface area contributed by atoms with Crippen molar-refractivity contribution < 1.29 is 43.2 Å². The number of rotatable bonds is 5. The number of methoxy groups -OCH3 is 2. The Labute approximate surface area is 183 Å². The molecule has 10 nitrogen and oxygen atoms in total. The first-order chi connectivity index (χ1) is 15.2. The molecule has 2 spiro atoms. The van der Waals surface area contributed by atoms with Crippen LogP contribution in [0.1, 0.15) is 23.7 Å². The molecule has 2 saturated heterocycles. The highest BCUT2D eigenvalue weighted by Crippen LogP contribution is 2.48. The first-order valence-electron chi connectivity index (χ1n) is 10.1. The number of ketones is 3. The van der Waals surface area contributed by atoms with E-state index in [1.807, 2.05) is 0 Å². The zero-order valence-corrected chi connectivity index (χ0v) is 17.7. The van der Waals surface area contributed by atoms with Gasteiger partial charge in [-0.05, 0) is 12.5 Å². The number of carbonyl (C=O) groups is 4. The number of hydrogen-bond donors (Lipinski definition) is 2. The van der Waals surface area contributed by atoms with Gasteiger partial charge in [-0.25, -0.2) is 0 Å². The molecule has 3 aliphatic heterocycles. The Kier molecular flexibility index (Phi) is 5.38. The molecule has 0 aliphatic carbocycles. The molecule has 10 heteroatoms. The van der Waals surface area contributed by atoms with E-state index in [1.165, 1.54) is 24.3 Å². The molecule has 0 aromatic heterocycles. The van der Waals surface area contributed by atoms with Gasteiger partial charge in [-0.2, -0.15) is 0 Å². The van der Waals surface area contributed by atoms with Gasteiger partial charge < -0.3 is 29.4 Å². The van der Waals surface area contributed by atoms with Crippen LogP contribution in [0, 0.1) is 0 Å². The summed E-state index contributed by atoms with van der Waals surface area (Å²) in [4.78, 5) is 52.8. The molecular weight excluding hydrogens is 422 g/mol. The maximum atomic E-state index is 13.5. The van der Waals surface area contributed by atoms with Gasteiger partial charge in [0.2, 0.25) is 28.7 Å². The molecule has 1 amide bonds. The third-order valence-electron chi connectivity index (χ3n) is 6.13. The normalized spacial score (nSPS) is 38.6. The molecule has 1 aromatic carbocycles. The van der Waals surface area contributed by atoms with Crippen molar-refractivity contribution in [3.8, 4) is 0 Å². The highest BCUT2D eigenvalue weighted by Gasteiger charge is 2.80. The molecule has 3 heterocycles. The Bertz CT molecular complexity index is 1010. The molecule has 2 N–H and O–H groups in total. The number of carbonyl (C=O) groups excluding carboxylic acids is 4. The minimum Gasteiger partial charge on any atom is -0.383 e. The van der Waals surface area contributed by atoms with Gasteiger partial charge in [0.25, 0.3) is 11.7 Å². The predicted octanol–water partition coefficient (Wildman–Crippen LogP) is -0.314. The number of Topliss-reactive ketones (excluding diaryl/α,β-unsaturated/α-hetero) is 2. The molecule has 3 aliphatic rings. The Morgan fingerprint density at radius 3 is 2.47 bits per heavy atom. The number of aliphatic hydroxyl groups is 1. The first kappa shape index (κ1) is 22.4. The summed E-state index contributed by atoms with van der Waals surface area (Å²) in [5.41, 5.74) is -4.89. The minimum atomic E-state index is -2.67. The van der Waals surface area contributed by atoms with Crippen molar-refractivity contribution in [2.24, 2.45) is 0 Å². The summed E-state index contributed by atoms with van der Waals surface area (Å²) in [5, 5.41) is 13.6. The fourth-order valence-corrected chi connectivity index (χ4v) is 4.42. The Hall–Kier alpha value is -2.76. The van der Waals surface area contributed by atoms with Gasteiger partial charge in [0, 0.05) is 19.8 Å². The average molecular weight is 445 g/mol. The summed E-state index contributed by atoms with van der Waals surface area (Å²) in [5.74, 6) is -6.04. The van der Waals surface area contributed by atoms with E-state index in [9.17, 15) is 24.3 Å². The Balaban J connectivity index is 1.82. The molecule has 6 atom stereocenters. The lowest BCUT2D eigenvalue weighted by Gasteiger charge is -2.37. The van der Waals surface area contributed by atoms with Crippen molar-refractivity contribution in [2.75, 3.05) is 14.2 Å². The van der Waals surface area contributed by atoms with E-state index in [4.69, 9.17) is 18.9 Å². The number of nitrogens with one attached hydrogen (secondary N) is 1. The van der Waals surface area contributed by atoms with Crippen LogP contribution in [0.5, 0.6) is 0 Å². The number of amides is 1. The van der Waals surface area contributed by atoms with Crippen LogP contribution in [0.3, 0.4) is 0 Å².